The summed E-state index contributed by atoms with van der Waals surface area (Å²) in [5, 5.41) is 0. The van der Waals surface area contributed by atoms with Crippen LogP contribution >= 0.6 is 24.2 Å². The number of anilines is 1. The average molecular weight is 288 g/mol. The largest absolute Gasteiger partial charge is 0.397 e. The zero-order chi connectivity index (χ0) is 12.5. The van der Waals surface area contributed by atoms with Gasteiger partial charge in [-0.2, -0.15) is 11.8 Å². The lowest BCUT2D eigenvalue weighted by molar-refractivity contribution is 0.0742. The van der Waals surface area contributed by atoms with Gasteiger partial charge >= 0.3 is 0 Å². The Morgan fingerprint density at radius 1 is 1.50 bits per heavy atom. The van der Waals surface area contributed by atoms with E-state index in [0.29, 0.717) is 11.4 Å². The molecule has 1 fully saturated rings. The zero-order valence-corrected chi connectivity index (χ0v) is 12.2. The molecule has 100 valence electrons. The van der Waals surface area contributed by atoms with Crippen LogP contribution in [-0.2, 0) is 0 Å². The number of pyridine rings is 1. The van der Waals surface area contributed by atoms with E-state index in [9.17, 15) is 4.79 Å². The highest BCUT2D eigenvalue weighted by molar-refractivity contribution is 8.00. The molecule has 1 aliphatic rings. The minimum Gasteiger partial charge on any atom is -0.397 e. The van der Waals surface area contributed by atoms with E-state index in [1.54, 1.807) is 12.1 Å². The standard InChI is InChI=1S/C12H17N3OS.ClH/c1-12(2)8-15(5-6-17-12)11(16)10-4-3-9(13)7-14-10;/h3-4,7H,5-6,8,13H2,1-2H3;1H. The molecule has 0 atom stereocenters. The van der Waals surface area contributed by atoms with Gasteiger partial charge in [0.2, 0.25) is 0 Å². The van der Waals surface area contributed by atoms with Crippen LogP contribution in [0.1, 0.15) is 24.3 Å². The fourth-order valence-electron chi connectivity index (χ4n) is 1.88. The summed E-state index contributed by atoms with van der Waals surface area (Å²) in [6, 6.07) is 3.40. The summed E-state index contributed by atoms with van der Waals surface area (Å²) >= 11 is 1.90. The van der Waals surface area contributed by atoms with Crippen LogP contribution in [0.2, 0.25) is 0 Å². The topological polar surface area (TPSA) is 59.2 Å². The van der Waals surface area contributed by atoms with Crippen molar-refractivity contribution >= 4 is 35.8 Å². The second-order valence-electron chi connectivity index (χ2n) is 4.81. The van der Waals surface area contributed by atoms with Gasteiger partial charge in [-0.25, -0.2) is 4.98 Å². The summed E-state index contributed by atoms with van der Waals surface area (Å²) in [7, 11) is 0. The number of nitrogens with two attached hydrogens (primary N) is 1. The van der Waals surface area contributed by atoms with Gasteiger partial charge in [0.05, 0.1) is 11.9 Å². The van der Waals surface area contributed by atoms with Crippen molar-refractivity contribution in [1.29, 1.82) is 0 Å². The van der Waals surface area contributed by atoms with Crippen molar-refractivity contribution in [3.05, 3.63) is 24.0 Å². The molecule has 1 saturated heterocycles. The van der Waals surface area contributed by atoms with Crippen molar-refractivity contribution in [3.63, 3.8) is 0 Å². The van der Waals surface area contributed by atoms with E-state index in [1.807, 2.05) is 16.7 Å². The van der Waals surface area contributed by atoms with Gasteiger partial charge in [0.1, 0.15) is 5.69 Å². The Morgan fingerprint density at radius 3 is 2.78 bits per heavy atom. The highest BCUT2D eigenvalue weighted by Gasteiger charge is 2.30. The highest BCUT2D eigenvalue weighted by atomic mass is 35.5. The number of carbonyl (C=O) groups is 1. The molecule has 0 spiro atoms. The van der Waals surface area contributed by atoms with Crippen LogP contribution < -0.4 is 5.73 Å². The number of carbonyl (C=O) groups excluding carboxylic acids is 1. The SMILES string of the molecule is CC1(C)CN(C(=O)c2ccc(N)cn2)CCS1.Cl. The Kier molecular flexibility index (Phi) is 4.87. The molecule has 0 radical (unpaired) electrons. The van der Waals surface area contributed by atoms with Crippen LogP contribution in [0.3, 0.4) is 0 Å². The first-order valence-electron chi connectivity index (χ1n) is 5.63. The molecule has 0 aromatic carbocycles. The molecular formula is C12H18ClN3OS. The molecule has 1 aromatic heterocycles. The predicted octanol–water partition coefficient (Wildman–Crippen LogP) is 2.05. The van der Waals surface area contributed by atoms with Crippen LogP contribution in [0.15, 0.2) is 18.3 Å². The van der Waals surface area contributed by atoms with Crippen LogP contribution in [0.5, 0.6) is 0 Å². The van der Waals surface area contributed by atoms with Crippen molar-refractivity contribution in [3.8, 4) is 0 Å². The first kappa shape index (κ1) is 15.1. The smallest absolute Gasteiger partial charge is 0.272 e. The Bertz CT molecular complexity index is 422. The molecule has 2 N–H and O–H groups in total. The third-order valence-electron chi connectivity index (χ3n) is 2.72. The summed E-state index contributed by atoms with van der Waals surface area (Å²) in [5.41, 5.74) is 6.61. The van der Waals surface area contributed by atoms with E-state index in [4.69, 9.17) is 5.73 Å². The lowest BCUT2D eigenvalue weighted by atomic mass is 10.1. The Balaban J connectivity index is 0.00000162. The number of aromatic nitrogens is 1. The number of nitrogen functional groups attached to an aromatic ring is 1. The number of hydrogen-bond donors (Lipinski definition) is 1. The quantitative estimate of drug-likeness (QED) is 0.859. The summed E-state index contributed by atoms with van der Waals surface area (Å²) in [6.07, 6.45) is 1.52. The predicted molar refractivity (Wildman–Crippen MR) is 78.3 cm³/mol. The van der Waals surface area contributed by atoms with Crippen LogP contribution in [-0.4, -0.2) is 39.4 Å². The summed E-state index contributed by atoms with van der Waals surface area (Å²) in [5.74, 6) is 0.978. The zero-order valence-electron chi connectivity index (χ0n) is 10.5. The van der Waals surface area contributed by atoms with Crippen LogP contribution in [0.4, 0.5) is 5.69 Å². The fraction of sp³-hybridized carbons (Fsp3) is 0.500. The monoisotopic (exact) mass is 287 g/mol. The van der Waals surface area contributed by atoms with Crippen molar-refractivity contribution in [2.45, 2.75) is 18.6 Å². The highest BCUT2D eigenvalue weighted by Crippen LogP contribution is 2.29. The van der Waals surface area contributed by atoms with E-state index in [1.165, 1.54) is 6.20 Å². The van der Waals surface area contributed by atoms with Gasteiger partial charge in [0.15, 0.2) is 0 Å². The molecule has 18 heavy (non-hydrogen) atoms. The summed E-state index contributed by atoms with van der Waals surface area (Å²) < 4.78 is 0.127. The number of nitrogens with zero attached hydrogens (tertiary/aromatic N) is 2. The van der Waals surface area contributed by atoms with Crippen molar-refractivity contribution in [2.24, 2.45) is 0 Å². The van der Waals surface area contributed by atoms with Gasteiger partial charge in [-0.1, -0.05) is 0 Å². The Morgan fingerprint density at radius 2 is 2.22 bits per heavy atom. The number of amides is 1. The summed E-state index contributed by atoms with van der Waals surface area (Å²) in [6.45, 7) is 5.88. The third kappa shape index (κ3) is 3.53. The molecule has 0 unspecified atom stereocenters. The van der Waals surface area contributed by atoms with E-state index in [-0.39, 0.29) is 23.1 Å². The molecule has 6 heteroatoms. The van der Waals surface area contributed by atoms with Crippen LogP contribution in [0, 0.1) is 0 Å². The maximum atomic E-state index is 12.2. The second kappa shape index (κ2) is 5.80. The third-order valence-corrected chi connectivity index (χ3v) is 4.02. The molecule has 1 aromatic rings. The molecule has 2 rings (SSSR count). The normalized spacial score (nSPS) is 18.0. The first-order valence-corrected chi connectivity index (χ1v) is 6.61. The summed E-state index contributed by atoms with van der Waals surface area (Å²) in [4.78, 5) is 18.2. The molecule has 1 amide bonds. The number of rotatable bonds is 1. The molecule has 2 heterocycles. The van der Waals surface area contributed by atoms with Gasteiger partial charge in [0.25, 0.3) is 5.91 Å². The van der Waals surface area contributed by atoms with Gasteiger partial charge in [0, 0.05) is 23.6 Å². The molecule has 0 saturated carbocycles. The van der Waals surface area contributed by atoms with Gasteiger partial charge in [-0.15, -0.1) is 12.4 Å². The maximum Gasteiger partial charge on any atom is 0.272 e. The van der Waals surface area contributed by atoms with Crippen molar-refractivity contribution in [1.82, 2.24) is 9.88 Å². The molecule has 1 aliphatic heterocycles. The van der Waals surface area contributed by atoms with Gasteiger partial charge < -0.3 is 10.6 Å². The maximum absolute atomic E-state index is 12.2. The minimum absolute atomic E-state index is 0. The number of thioether (sulfide) groups is 1. The molecular weight excluding hydrogens is 270 g/mol. The molecule has 0 bridgehead atoms. The van der Waals surface area contributed by atoms with E-state index in [2.05, 4.69) is 18.8 Å². The van der Waals surface area contributed by atoms with Gasteiger partial charge in [-0.3, -0.25) is 4.79 Å². The Labute approximate surface area is 118 Å². The fourth-order valence-corrected chi connectivity index (χ4v) is 3.00. The lowest BCUT2D eigenvalue weighted by Crippen LogP contribution is -2.46. The average Bonchev–Trinajstić information content (AvgIpc) is 2.28. The van der Waals surface area contributed by atoms with Crippen molar-refractivity contribution < 1.29 is 4.79 Å². The van der Waals surface area contributed by atoms with Crippen LogP contribution in [0.25, 0.3) is 0 Å². The first-order chi connectivity index (χ1) is 7.98. The number of hydrogen-bond acceptors (Lipinski definition) is 4. The van der Waals surface area contributed by atoms with E-state index >= 15 is 0 Å². The minimum atomic E-state index is -0.00150. The molecule has 4 nitrogen and oxygen atoms in total. The van der Waals surface area contributed by atoms with Crippen molar-refractivity contribution in [2.75, 3.05) is 24.6 Å². The lowest BCUT2D eigenvalue weighted by Gasteiger charge is -2.37. The van der Waals surface area contributed by atoms with E-state index < -0.39 is 0 Å². The Hall–Kier alpha value is -0.940. The number of halogens is 1. The van der Waals surface area contributed by atoms with E-state index in [0.717, 1.165) is 18.8 Å². The molecule has 0 aliphatic carbocycles. The van der Waals surface area contributed by atoms with Gasteiger partial charge in [-0.05, 0) is 26.0 Å². The second-order valence-corrected chi connectivity index (χ2v) is 6.61.